The summed E-state index contributed by atoms with van der Waals surface area (Å²) >= 11 is 3.42. The molecule has 2 aliphatic rings. The van der Waals surface area contributed by atoms with Crippen molar-refractivity contribution in [3.8, 4) is 0 Å². The van der Waals surface area contributed by atoms with Crippen molar-refractivity contribution >= 4 is 20.6 Å². The van der Waals surface area contributed by atoms with E-state index in [2.05, 4.69) is 46.8 Å². The summed E-state index contributed by atoms with van der Waals surface area (Å²) in [6, 6.07) is 0. The van der Waals surface area contributed by atoms with Crippen LogP contribution in [0.1, 0.15) is 40.0 Å². The molecule has 1 spiro atoms. The minimum atomic E-state index is 0.00716. The molecule has 1 fully saturated rings. The lowest BCUT2D eigenvalue weighted by Gasteiger charge is -2.39. The number of hydrogen-bond acceptors (Lipinski definition) is 3. The molecule has 0 amide bonds. The van der Waals surface area contributed by atoms with Crippen LogP contribution < -0.4 is 0 Å². The van der Waals surface area contributed by atoms with Gasteiger partial charge in [-0.2, -0.15) is 0 Å². The van der Waals surface area contributed by atoms with E-state index in [0.717, 1.165) is 37.0 Å². The lowest BCUT2D eigenvalue weighted by Crippen LogP contribution is -2.46. The van der Waals surface area contributed by atoms with Crippen molar-refractivity contribution in [2.45, 2.75) is 45.6 Å². The van der Waals surface area contributed by atoms with Gasteiger partial charge in [-0.05, 0) is 21.3 Å². The number of piperidine rings is 1. The van der Waals surface area contributed by atoms with Crippen molar-refractivity contribution in [2.24, 2.45) is 10.6 Å². The van der Waals surface area contributed by atoms with Crippen molar-refractivity contribution in [1.29, 1.82) is 0 Å². The molecule has 16 heavy (non-hydrogen) atoms. The Balaban J connectivity index is 1.84. The van der Waals surface area contributed by atoms with Crippen LogP contribution in [0.2, 0.25) is 0 Å². The molecule has 0 saturated carbocycles. The summed E-state index contributed by atoms with van der Waals surface area (Å²) in [5, 5.41) is 4.03. The molecule has 2 rings (SSSR count). The third-order valence-corrected chi connectivity index (χ3v) is 3.70. The fourth-order valence-electron chi connectivity index (χ4n) is 2.53. The van der Waals surface area contributed by atoms with Gasteiger partial charge in [0.15, 0.2) is 0 Å². The predicted octanol–water partition coefficient (Wildman–Crippen LogP) is 3.00. The van der Waals surface area contributed by atoms with Crippen molar-refractivity contribution in [3.63, 3.8) is 0 Å². The van der Waals surface area contributed by atoms with E-state index in [9.17, 15) is 0 Å². The molecule has 0 aromatic carbocycles. The topological polar surface area (TPSA) is 24.8 Å². The predicted molar refractivity (Wildman–Crippen MR) is 69.9 cm³/mol. The maximum atomic E-state index is 5.59. The summed E-state index contributed by atoms with van der Waals surface area (Å²) in [6.07, 6.45) is 3.15. The van der Waals surface area contributed by atoms with Crippen LogP contribution in [0, 0.1) is 5.41 Å². The average molecular weight is 289 g/mol. The smallest absolute Gasteiger partial charge is 0.146 e. The number of hydrogen-bond donors (Lipinski definition) is 0. The Hall–Kier alpha value is -0.0900. The molecule has 1 saturated heterocycles. The van der Waals surface area contributed by atoms with Crippen LogP contribution in [0.15, 0.2) is 5.16 Å². The summed E-state index contributed by atoms with van der Waals surface area (Å²) in [5.74, 6) is 0. The van der Waals surface area contributed by atoms with Gasteiger partial charge in [0, 0.05) is 38.9 Å². The molecule has 92 valence electrons. The minimum Gasteiger partial charge on any atom is -0.388 e. The monoisotopic (exact) mass is 288 g/mol. The second-order valence-electron chi connectivity index (χ2n) is 6.26. The Morgan fingerprint density at radius 2 is 2.00 bits per heavy atom. The fraction of sp³-hybridized carbons (Fsp3) is 0.917. The highest BCUT2D eigenvalue weighted by molar-refractivity contribution is 9.18. The Morgan fingerprint density at radius 1 is 1.38 bits per heavy atom. The molecule has 0 atom stereocenters. The van der Waals surface area contributed by atoms with Gasteiger partial charge >= 0.3 is 0 Å². The summed E-state index contributed by atoms with van der Waals surface area (Å²) in [7, 11) is 0. The highest BCUT2D eigenvalue weighted by Crippen LogP contribution is 2.36. The summed E-state index contributed by atoms with van der Waals surface area (Å²) in [6.45, 7) is 10.3. The second kappa shape index (κ2) is 4.30. The quantitative estimate of drug-likeness (QED) is 0.741. The molecular weight excluding hydrogens is 268 g/mol. The van der Waals surface area contributed by atoms with Gasteiger partial charge in [-0.15, -0.1) is 0 Å². The zero-order chi connectivity index (χ0) is 11.8. The highest BCUT2D eigenvalue weighted by atomic mass is 79.9. The molecule has 0 bridgehead atoms. The van der Waals surface area contributed by atoms with Gasteiger partial charge < -0.3 is 9.74 Å². The SMILES string of the molecule is CC(C)(C)CN1CCC2(CC1)CC(Br)=NO2. The third-order valence-electron chi connectivity index (χ3n) is 3.27. The number of nitrogens with zero attached hydrogens (tertiary/aromatic N) is 2. The molecule has 0 aromatic heterocycles. The molecule has 0 aromatic rings. The first-order valence-corrected chi connectivity index (χ1v) is 6.81. The molecule has 2 heterocycles. The van der Waals surface area contributed by atoms with Crippen LogP contribution in [0.25, 0.3) is 0 Å². The first-order chi connectivity index (χ1) is 7.39. The number of oxime groups is 1. The standard InChI is InChI=1S/C12H21BrN2O/c1-11(2,3)9-15-6-4-12(5-7-15)8-10(13)14-16-12/h4-9H2,1-3H3. The molecule has 0 radical (unpaired) electrons. The first-order valence-electron chi connectivity index (χ1n) is 6.02. The number of halogens is 1. The summed E-state index contributed by atoms with van der Waals surface area (Å²) in [5.41, 5.74) is 0.394. The molecule has 3 nitrogen and oxygen atoms in total. The Bertz CT molecular complexity index is 288. The maximum absolute atomic E-state index is 5.59. The van der Waals surface area contributed by atoms with Crippen molar-refractivity contribution in [2.75, 3.05) is 19.6 Å². The van der Waals surface area contributed by atoms with Gasteiger partial charge in [0.05, 0.1) is 0 Å². The summed E-state index contributed by atoms with van der Waals surface area (Å²) in [4.78, 5) is 8.13. The highest BCUT2D eigenvalue weighted by Gasteiger charge is 2.41. The maximum Gasteiger partial charge on any atom is 0.146 e. The van der Waals surface area contributed by atoms with Crippen molar-refractivity contribution < 1.29 is 4.84 Å². The van der Waals surface area contributed by atoms with Gasteiger partial charge in [-0.3, -0.25) is 0 Å². The van der Waals surface area contributed by atoms with Gasteiger partial charge in [0.25, 0.3) is 0 Å². The van der Waals surface area contributed by atoms with E-state index in [-0.39, 0.29) is 5.60 Å². The zero-order valence-electron chi connectivity index (χ0n) is 10.4. The van der Waals surface area contributed by atoms with Crippen LogP contribution in [-0.2, 0) is 4.84 Å². The lowest BCUT2D eigenvalue weighted by molar-refractivity contribution is -0.0649. The molecule has 0 unspecified atom stereocenters. The molecule has 0 aliphatic carbocycles. The van der Waals surface area contributed by atoms with Gasteiger partial charge in [0.1, 0.15) is 10.2 Å². The molecular formula is C12H21BrN2O. The largest absolute Gasteiger partial charge is 0.388 e. The Kier molecular flexibility index (Phi) is 3.32. The van der Waals surface area contributed by atoms with Crippen LogP contribution in [-0.4, -0.2) is 34.8 Å². The van der Waals surface area contributed by atoms with Gasteiger partial charge in [0.2, 0.25) is 0 Å². The Morgan fingerprint density at radius 3 is 2.44 bits per heavy atom. The van der Waals surface area contributed by atoms with Gasteiger partial charge in [-0.1, -0.05) is 25.9 Å². The van der Waals surface area contributed by atoms with Crippen LogP contribution in [0.5, 0.6) is 0 Å². The second-order valence-corrected chi connectivity index (χ2v) is 7.17. The van der Waals surface area contributed by atoms with E-state index in [4.69, 9.17) is 4.84 Å². The van der Waals surface area contributed by atoms with E-state index < -0.39 is 0 Å². The zero-order valence-corrected chi connectivity index (χ0v) is 12.0. The minimum absolute atomic E-state index is 0.00716. The fourth-order valence-corrected chi connectivity index (χ4v) is 3.12. The van der Waals surface area contributed by atoms with E-state index in [1.807, 2.05) is 0 Å². The van der Waals surface area contributed by atoms with E-state index in [0.29, 0.717) is 5.41 Å². The van der Waals surface area contributed by atoms with Crippen LogP contribution in [0.3, 0.4) is 0 Å². The molecule has 2 aliphatic heterocycles. The van der Waals surface area contributed by atoms with E-state index >= 15 is 0 Å². The van der Waals surface area contributed by atoms with Crippen LogP contribution in [0.4, 0.5) is 0 Å². The van der Waals surface area contributed by atoms with E-state index in [1.165, 1.54) is 6.54 Å². The molecule has 0 N–H and O–H groups in total. The van der Waals surface area contributed by atoms with Crippen molar-refractivity contribution in [3.05, 3.63) is 0 Å². The average Bonchev–Trinajstić information content (AvgIpc) is 2.51. The normalized spacial score (nSPS) is 25.6. The number of rotatable bonds is 1. The van der Waals surface area contributed by atoms with Crippen LogP contribution >= 0.6 is 15.9 Å². The van der Waals surface area contributed by atoms with Gasteiger partial charge in [-0.25, -0.2) is 0 Å². The van der Waals surface area contributed by atoms with Crippen molar-refractivity contribution in [1.82, 2.24) is 4.90 Å². The first kappa shape index (κ1) is 12.4. The van der Waals surface area contributed by atoms with E-state index in [1.54, 1.807) is 0 Å². The number of likely N-dealkylation sites (tertiary alicyclic amines) is 1. The summed E-state index contributed by atoms with van der Waals surface area (Å²) < 4.78 is 0.969. The molecule has 4 heteroatoms. The third kappa shape index (κ3) is 2.98. The lowest BCUT2D eigenvalue weighted by atomic mass is 9.87. The Labute approximate surface area is 106 Å².